The number of benzene rings is 12. The molecule has 0 saturated carbocycles. The number of hydrogen-bond acceptors (Lipinski definition) is 8. The zero-order chi connectivity index (χ0) is 61.8. The molecule has 0 unspecified atom stereocenters. The van der Waals surface area contributed by atoms with E-state index in [2.05, 4.69) is 278 Å². The minimum atomic E-state index is 0.761. The van der Waals surface area contributed by atoms with Crippen LogP contribution in [-0.4, -0.2) is 19.9 Å². The summed E-state index contributed by atoms with van der Waals surface area (Å²) in [4.78, 5) is 30.6. The third-order valence-electron chi connectivity index (χ3n) is 18.6. The molecule has 0 fully saturated rings. The van der Waals surface area contributed by atoms with Crippen LogP contribution in [0.2, 0.25) is 0 Å². The number of aromatic nitrogens is 4. The van der Waals surface area contributed by atoms with E-state index in [1.807, 2.05) is 49.1 Å². The average Bonchev–Trinajstić information content (AvgIpc) is 0.702. The van der Waals surface area contributed by atoms with E-state index in [4.69, 9.17) is 19.9 Å². The molecule has 0 bridgehead atoms. The van der Waals surface area contributed by atoms with Crippen molar-refractivity contribution in [2.75, 3.05) is 19.6 Å². The molecule has 0 spiro atoms. The maximum absolute atomic E-state index is 5.13. The number of pyridine rings is 4. The van der Waals surface area contributed by atoms with Gasteiger partial charge in [0.2, 0.25) is 0 Å². The molecule has 0 saturated heterocycles. The summed E-state index contributed by atoms with van der Waals surface area (Å²) in [5.41, 5.74) is 21.2. The third kappa shape index (κ3) is 9.20. The van der Waals surface area contributed by atoms with Crippen LogP contribution >= 0.6 is 0 Å². The molecule has 0 aliphatic carbocycles. The normalized spacial score (nSPS) is 11.7. The molecule has 0 N–H and O–H groups in total. The van der Waals surface area contributed by atoms with Gasteiger partial charge < -0.3 is 19.6 Å². The van der Waals surface area contributed by atoms with E-state index in [0.29, 0.717) is 0 Å². The van der Waals surface area contributed by atoms with Crippen molar-refractivity contribution >= 4 is 144 Å². The van der Waals surface area contributed by atoms with Gasteiger partial charge in [-0.15, -0.1) is 0 Å². The van der Waals surface area contributed by atoms with Gasteiger partial charge in [-0.05, 0) is 135 Å². The fourth-order valence-corrected chi connectivity index (χ4v) is 14.6. The van der Waals surface area contributed by atoms with Gasteiger partial charge in [0.05, 0.1) is 67.6 Å². The lowest BCUT2D eigenvalue weighted by molar-refractivity contribution is 1.12. The van der Waals surface area contributed by atoms with Gasteiger partial charge in [-0.3, -0.25) is 19.9 Å². The highest BCUT2D eigenvalue weighted by Crippen LogP contribution is 2.56. The van der Waals surface area contributed by atoms with Gasteiger partial charge in [0.25, 0.3) is 0 Å². The minimum Gasteiger partial charge on any atom is -0.309 e. The molecule has 0 atom stereocenters. The first-order valence-corrected chi connectivity index (χ1v) is 32.2. The lowest BCUT2D eigenvalue weighted by Crippen LogP contribution is -2.18. The molecular weight excluding hydrogens is 1120 g/mol. The summed E-state index contributed by atoms with van der Waals surface area (Å²) in [6.45, 7) is 9.03. The van der Waals surface area contributed by atoms with Crippen molar-refractivity contribution in [3.63, 3.8) is 0 Å². The van der Waals surface area contributed by atoms with Crippen molar-refractivity contribution in [2.45, 2.75) is 53.4 Å². The Balaban J connectivity index is 1.13. The van der Waals surface area contributed by atoms with E-state index in [9.17, 15) is 0 Å². The van der Waals surface area contributed by atoms with Crippen molar-refractivity contribution < 1.29 is 0 Å². The Morgan fingerprint density at radius 1 is 0.228 bits per heavy atom. The van der Waals surface area contributed by atoms with Crippen LogP contribution in [0.1, 0.15) is 49.9 Å². The molecule has 8 heteroatoms. The van der Waals surface area contributed by atoms with Crippen molar-refractivity contribution in [3.8, 4) is 0 Å². The molecule has 442 valence electrons. The van der Waals surface area contributed by atoms with Crippen molar-refractivity contribution in [2.24, 2.45) is 0 Å². The quantitative estimate of drug-likeness (QED) is 0.0887. The number of rotatable bonds is 16. The van der Waals surface area contributed by atoms with Crippen molar-refractivity contribution in [3.05, 3.63) is 302 Å². The number of nitrogens with zero attached hydrogens (tertiary/aromatic N) is 8. The van der Waals surface area contributed by atoms with E-state index in [-0.39, 0.29) is 0 Å². The maximum Gasteiger partial charge on any atom is 0.0754 e. The third-order valence-corrected chi connectivity index (χ3v) is 18.6. The fraction of sp³-hybridized carbons (Fsp3) is 0.0952. The van der Waals surface area contributed by atoms with Crippen LogP contribution in [0.3, 0.4) is 0 Å². The molecule has 4 heterocycles. The SMILES string of the molecule is CCc1c(N(c2ccccc2)c2cc(N(c3ccccc3)c3ccc4cccnc4c3CC)c3ccc4c(N(c5ccccc5)c5ccc6cccnc6c5CC)cc(N(c5ccccc5)c5ccc6cccnc6c5CC)c5ccc2c3c54)ccc2cccnc12. The monoisotopic (exact) mass is 1190 g/mol. The molecule has 16 aromatic rings. The Hall–Kier alpha value is -11.5. The fourth-order valence-electron chi connectivity index (χ4n) is 14.6. The van der Waals surface area contributed by atoms with Crippen LogP contribution in [-0.2, 0) is 25.7 Å². The minimum absolute atomic E-state index is 0.761. The van der Waals surface area contributed by atoms with E-state index < -0.39 is 0 Å². The predicted molar refractivity (Wildman–Crippen MR) is 388 cm³/mol. The summed E-state index contributed by atoms with van der Waals surface area (Å²) in [6.07, 6.45) is 10.8. The van der Waals surface area contributed by atoms with Crippen molar-refractivity contribution in [1.82, 2.24) is 19.9 Å². The standard InChI is InChI=1S/C84H66N8/c1-5-63-71(45-37-55-25-21-49-85-81(55)63)89(59-29-13-9-14-30-59)75-53-76(90(60-31-15-10-16-32-60)72-46-38-56-26-22-50-86-82(56)64(72)6-2)68-43-44-70-78(92(62-35-19-12-20-36-62)74-48-40-58-28-24-52-88-84(58)66(74)8-4)54-77(69-42-41-67(75)79(68)80(69)70)91(61-33-17-11-18-34-61)73-47-39-57-27-23-51-87-83(57)65(73)7-3/h9-54H,5-8H2,1-4H3. The summed E-state index contributed by atoms with van der Waals surface area (Å²) in [7, 11) is 0. The molecule has 0 radical (unpaired) electrons. The Morgan fingerprint density at radius 3 is 0.674 bits per heavy atom. The zero-order valence-electron chi connectivity index (χ0n) is 52.0. The average molecular weight is 1190 g/mol. The highest BCUT2D eigenvalue weighted by Gasteiger charge is 2.32. The molecule has 4 aromatic heterocycles. The van der Waals surface area contributed by atoms with Gasteiger partial charge in [0.1, 0.15) is 0 Å². The number of aryl methyl sites for hydroxylation is 4. The molecule has 92 heavy (non-hydrogen) atoms. The molecule has 0 aliphatic heterocycles. The second-order valence-corrected chi connectivity index (χ2v) is 23.6. The highest BCUT2D eigenvalue weighted by molar-refractivity contribution is 6.33. The van der Waals surface area contributed by atoms with Crippen LogP contribution in [0, 0.1) is 0 Å². The Morgan fingerprint density at radius 2 is 0.457 bits per heavy atom. The Labute approximate surface area is 535 Å². The Kier molecular flexibility index (Phi) is 14.2. The second kappa shape index (κ2) is 23.5. The van der Waals surface area contributed by atoms with E-state index in [0.717, 1.165) is 170 Å². The topological polar surface area (TPSA) is 64.5 Å². The molecule has 0 amide bonds. The Bertz CT molecular complexity index is 4760. The molecular formula is C84H66N8. The summed E-state index contributed by atoms with van der Waals surface area (Å²) in [5.74, 6) is 0. The molecule has 16 rings (SSSR count). The molecule has 12 aromatic carbocycles. The lowest BCUT2D eigenvalue weighted by atomic mass is 9.88. The smallest absolute Gasteiger partial charge is 0.0754 e. The van der Waals surface area contributed by atoms with Gasteiger partial charge in [0.15, 0.2) is 0 Å². The van der Waals surface area contributed by atoms with E-state index >= 15 is 0 Å². The van der Waals surface area contributed by atoms with Crippen LogP contribution in [0.5, 0.6) is 0 Å². The summed E-state index contributed by atoms with van der Waals surface area (Å²) in [6, 6.07) is 93.3. The van der Waals surface area contributed by atoms with Gasteiger partial charge in [0, 0.05) is 124 Å². The van der Waals surface area contributed by atoms with Crippen molar-refractivity contribution in [1.29, 1.82) is 0 Å². The highest BCUT2D eigenvalue weighted by atomic mass is 15.2. The number of hydrogen-bond donors (Lipinski definition) is 0. The van der Waals surface area contributed by atoms with Gasteiger partial charge >= 0.3 is 0 Å². The first-order valence-electron chi connectivity index (χ1n) is 32.2. The van der Waals surface area contributed by atoms with E-state index in [1.165, 1.54) is 22.3 Å². The van der Waals surface area contributed by atoms with E-state index in [1.54, 1.807) is 0 Å². The first-order chi connectivity index (χ1) is 45.5. The predicted octanol–water partition coefficient (Wildman–Crippen LogP) is 22.9. The summed E-state index contributed by atoms with van der Waals surface area (Å²) < 4.78 is 0. The number of para-hydroxylation sites is 4. The van der Waals surface area contributed by atoms with Gasteiger partial charge in [-0.25, -0.2) is 0 Å². The van der Waals surface area contributed by atoms with Crippen LogP contribution in [0.4, 0.5) is 68.2 Å². The molecule has 0 aliphatic rings. The lowest BCUT2D eigenvalue weighted by Gasteiger charge is -2.36. The van der Waals surface area contributed by atoms with Crippen LogP contribution < -0.4 is 19.6 Å². The van der Waals surface area contributed by atoms with Gasteiger partial charge in [-0.2, -0.15) is 0 Å². The van der Waals surface area contributed by atoms with Crippen LogP contribution in [0.15, 0.2) is 280 Å². The zero-order valence-corrected chi connectivity index (χ0v) is 52.0. The maximum atomic E-state index is 5.13. The largest absolute Gasteiger partial charge is 0.309 e. The van der Waals surface area contributed by atoms with Crippen LogP contribution in [0.25, 0.3) is 75.9 Å². The molecule has 8 nitrogen and oxygen atoms in total. The summed E-state index contributed by atoms with van der Waals surface area (Å²) >= 11 is 0. The number of anilines is 12. The first kappa shape index (κ1) is 55.8. The summed E-state index contributed by atoms with van der Waals surface area (Å²) in [5, 5.41) is 11.1. The van der Waals surface area contributed by atoms with Gasteiger partial charge in [-0.1, -0.05) is 173 Å². The second-order valence-electron chi connectivity index (χ2n) is 23.6. The number of fused-ring (bicyclic) bond motifs is 4.